The average Bonchev–Trinajstić information content (AvgIpc) is 2.13. The second kappa shape index (κ2) is 2.30. The summed E-state index contributed by atoms with van der Waals surface area (Å²) in [5.74, 6) is 0. The molecule has 1 rings (SSSR count). The normalized spacial score (nSPS) is 42.6. The first-order valence-electron chi connectivity index (χ1n) is 3.22. The summed E-state index contributed by atoms with van der Waals surface area (Å²) in [5, 5.41) is 8.67. The molecule has 1 saturated carbocycles. The van der Waals surface area contributed by atoms with E-state index in [1.54, 1.807) is 0 Å². The Morgan fingerprint density at radius 2 is 2.44 bits per heavy atom. The minimum atomic E-state index is -0.0336. The molecule has 0 aromatic rings. The van der Waals surface area contributed by atoms with Gasteiger partial charge in [0.25, 0.3) is 0 Å². The molecule has 50 valence electrons. The lowest BCUT2D eigenvalue weighted by atomic mass is 9.91. The second-order valence-electron chi connectivity index (χ2n) is 3.01. The van der Waals surface area contributed by atoms with Crippen molar-refractivity contribution in [2.24, 2.45) is 5.41 Å². The largest absolute Gasteiger partial charge is 0.198 e. The highest BCUT2D eigenvalue weighted by molar-refractivity contribution is 9.09. The predicted molar refractivity (Wildman–Crippen MR) is 40.3 cm³/mol. The van der Waals surface area contributed by atoms with E-state index in [9.17, 15) is 0 Å². The van der Waals surface area contributed by atoms with Crippen LogP contribution in [0.3, 0.4) is 0 Å². The Kier molecular flexibility index (Phi) is 1.81. The summed E-state index contributed by atoms with van der Waals surface area (Å²) in [6.45, 7) is 2.04. The molecular formula is C7H10BrN. The van der Waals surface area contributed by atoms with Gasteiger partial charge in [-0.1, -0.05) is 15.9 Å². The quantitative estimate of drug-likeness (QED) is 0.535. The van der Waals surface area contributed by atoms with E-state index >= 15 is 0 Å². The smallest absolute Gasteiger partial charge is 0.0687 e. The lowest BCUT2D eigenvalue weighted by Crippen LogP contribution is -2.07. The molecule has 0 saturated heterocycles. The number of hydrogen-bond acceptors (Lipinski definition) is 1. The summed E-state index contributed by atoms with van der Waals surface area (Å²) in [4.78, 5) is 0.585. The molecule has 2 heteroatoms. The standard InChI is InChI=1S/C7H10BrN/c1-7(5-9)3-2-6(8)4-7/h6H,2-4H2,1H3. The third kappa shape index (κ3) is 1.46. The van der Waals surface area contributed by atoms with E-state index in [1.165, 1.54) is 0 Å². The van der Waals surface area contributed by atoms with Crippen LogP contribution in [-0.2, 0) is 0 Å². The number of nitriles is 1. The van der Waals surface area contributed by atoms with E-state index in [-0.39, 0.29) is 5.41 Å². The fourth-order valence-corrected chi connectivity index (χ4v) is 2.21. The van der Waals surface area contributed by atoms with Gasteiger partial charge in [0.2, 0.25) is 0 Å². The molecule has 0 heterocycles. The zero-order valence-electron chi connectivity index (χ0n) is 5.52. The van der Waals surface area contributed by atoms with E-state index in [0.717, 1.165) is 19.3 Å². The molecule has 0 amide bonds. The van der Waals surface area contributed by atoms with Gasteiger partial charge in [0.1, 0.15) is 0 Å². The van der Waals surface area contributed by atoms with Crippen LogP contribution in [0.1, 0.15) is 26.2 Å². The maximum absolute atomic E-state index is 8.67. The Balaban J connectivity index is 2.58. The Bertz CT molecular complexity index is 149. The number of nitrogens with zero attached hydrogens (tertiary/aromatic N) is 1. The van der Waals surface area contributed by atoms with Gasteiger partial charge in [0.05, 0.1) is 11.5 Å². The Labute approximate surface area is 64.2 Å². The van der Waals surface area contributed by atoms with Crippen molar-refractivity contribution in [3.8, 4) is 6.07 Å². The van der Waals surface area contributed by atoms with Crippen molar-refractivity contribution in [3.05, 3.63) is 0 Å². The number of rotatable bonds is 0. The van der Waals surface area contributed by atoms with Gasteiger partial charge in [-0.3, -0.25) is 0 Å². The molecule has 1 aliphatic carbocycles. The summed E-state index contributed by atoms with van der Waals surface area (Å²) in [6, 6.07) is 2.34. The number of halogens is 1. The van der Waals surface area contributed by atoms with Crippen molar-refractivity contribution in [2.75, 3.05) is 0 Å². The molecule has 0 aromatic carbocycles. The van der Waals surface area contributed by atoms with Crippen molar-refractivity contribution in [2.45, 2.75) is 31.0 Å². The molecule has 1 fully saturated rings. The van der Waals surface area contributed by atoms with Crippen molar-refractivity contribution in [3.63, 3.8) is 0 Å². The number of hydrogen-bond donors (Lipinski definition) is 0. The van der Waals surface area contributed by atoms with Gasteiger partial charge in [-0.25, -0.2) is 0 Å². The predicted octanol–water partition coefficient (Wildman–Crippen LogP) is 2.46. The van der Waals surface area contributed by atoms with Gasteiger partial charge in [-0.15, -0.1) is 0 Å². The van der Waals surface area contributed by atoms with Crippen LogP contribution in [0.15, 0.2) is 0 Å². The van der Waals surface area contributed by atoms with Crippen LogP contribution in [0.4, 0.5) is 0 Å². The first-order chi connectivity index (χ1) is 4.16. The Hall–Kier alpha value is -0.0300. The molecule has 2 unspecified atom stereocenters. The average molecular weight is 188 g/mol. The Morgan fingerprint density at radius 1 is 1.78 bits per heavy atom. The van der Waals surface area contributed by atoms with Crippen LogP contribution in [0.2, 0.25) is 0 Å². The fraction of sp³-hybridized carbons (Fsp3) is 0.857. The zero-order chi connectivity index (χ0) is 6.91. The van der Waals surface area contributed by atoms with Crippen LogP contribution in [-0.4, -0.2) is 4.83 Å². The van der Waals surface area contributed by atoms with Gasteiger partial charge in [0, 0.05) is 4.83 Å². The van der Waals surface area contributed by atoms with E-state index < -0.39 is 0 Å². The van der Waals surface area contributed by atoms with Crippen molar-refractivity contribution in [1.29, 1.82) is 5.26 Å². The molecule has 0 aliphatic heterocycles. The maximum Gasteiger partial charge on any atom is 0.0687 e. The third-order valence-corrected chi connectivity index (χ3v) is 2.73. The molecule has 9 heavy (non-hydrogen) atoms. The molecule has 0 bridgehead atoms. The third-order valence-electron chi connectivity index (χ3n) is 1.95. The molecule has 1 aliphatic rings. The zero-order valence-corrected chi connectivity index (χ0v) is 7.11. The minimum Gasteiger partial charge on any atom is -0.198 e. The first-order valence-corrected chi connectivity index (χ1v) is 4.13. The minimum absolute atomic E-state index is 0.0336. The van der Waals surface area contributed by atoms with Gasteiger partial charge in [-0.05, 0) is 26.2 Å². The molecule has 1 nitrogen and oxygen atoms in total. The van der Waals surface area contributed by atoms with Gasteiger partial charge in [-0.2, -0.15) is 5.26 Å². The number of alkyl halides is 1. The van der Waals surface area contributed by atoms with E-state index in [2.05, 4.69) is 22.0 Å². The topological polar surface area (TPSA) is 23.8 Å². The molecule has 2 atom stereocenters. The fourth-order valence-electron chi connectivity index (χ4n) is 1.27. The van der Waals surface area contributed by atoms with E-state index in [1.807, 2.05) is 6.92 Å². The summed E-state index contributed by atoms with van der Waals surface area (Å²) in [7, 11) is 0. The first kappa shape index (κ1) is 7.08. The van der Waals surface area contributed by atoms with Crippen molar-refractivity contribution in [1.82, 2.24) is 0 Å². The van der Waals surface area contributed by atoms with E-state index in [0.29, 0.717) is 4.83 Å². The van der Waals surface area contributed by atoms with Gasteiger partial charge >= 0.3 is 0 Å². The summed E-state index contributed by atoms with van der Waals surface area (Å²) in [5.41, 5.74) is -0.0336. The lowest BCUT2D eigenvalue weighted by Gasteiger charge is -2.10. The summed E-state index contributed by atoms with van der Waals surface area (Å²) < 4.78 is 0. The highest BCUT2D eigenvalue weighted by Crippen LogP contribution is 2.40. The molecule has 0 N–H and O–H groups in total. The highest BCUT2D eigenvalue weighted by atomic mass is 79.9. The maximum atomic E-state index is 8.67. The summed E-state index contributed by atoms with van der Waals surface area (Å²) >= 11 is 3.50. The van der Waals surface area contributed by atoms with Crippen LogP contribution in [0, 0.1) is 16.7 Å². The van der Waals surface area contributed by atoms with Crippen LogP contribution >= 0.6 is 15.9 Å². The Morgan fingerprint density at radius 3 is 2.67 bits per heavy atom. The summed E-state index contributed by atoms with van der Waals surface area (Å²) in [6.07, 6.45) is 3.23. The molecule has 0 aromatic heterocycles. The van der Waals surface area contributed by atoms with Crippen molar-refractivity contribution < 1.29 is 0 Å². The molecular weight excluding hydrogens is 178 g/mol. The highest BCUT2D eigenvalue weighted by Gasteiger charge is 2.33. The second-order valence-corrected chi connectivity index (χ2v) is 4.31. The van der Waals surface area contributed by atoms with Gasteiger partial charge < -0.3 is 0 Å². The molecule has 0 radical (unpaired) electrons. The van der Waals surface area contributed by atoms with E-state index in [4.69, 9.17) is 5.26 Å². The van der Waals surface area contributed by atoms with Crippen molar-refractivity contribution >= 4 is 15.9 Å². The van der Waals surface area contributed by atoms with Gasteiger partial charge in [0.15, 0.2) is 0 Å². The van der Waals surface area contributed by atoms with Crippen LogP contribution in [0.25, 0.3) is 0 Å². The SMILES string of the molecule is CC1(C#N)CCC(Br)C1. The van der Waals surface area contributed by atoms with Crippen LogP contribution in [0.5, 0.6) is 0 Å². The van der Waals surface area contributed by atoms with Crippen LogP contribution < -0.4 is 0 Å². The molecule has 0 spiro atoms. The monoisotopic (exact) mass is 187 g/mol. The lowest BCUT2D eigenvalue weighted by molar-refractivity contribution is 0.463.